The summed E-state index contributed by atoms with van der Waals surface area (Å²) in [6.07, 6.45) is 0. The van der Waals surface area contributed by atoms with Gasteiger partial charge < -0.3 is 14.8 Å². The molecule has 3 aromatic carbocycles. The Labute approximate surface area is 149 Å². The maximum atomic E-state index is 5.91. The molecule has 3 rings (SSSR count). The predicted octanol–water partition coefficient (Wildman–Crippen LogP) is 4.56. The lowest BCUT2D eigenvalue weighted by Gasteiger charge is -2.11. The zero-order valence-electron chi connectivity index (χ0n) is 14.4. The molecule has 0 fully saturated rings. The van der Waals surface area contributed by atoms with Crippen LogP contribution in [0, 0.1) is 0 Å². The molecule has 0 aromatic heterocycles. The summed E-state index contributed by atoms with van der Waals surface area (Å²) in [5.41, 5.74) is 3.61. The highest BCUT2D eigenvalue weighted by Gasteiger charge is 2.03. The highest BCUT2D eigenvalue weighted by molar-refractivity contribution is 5.32. The lowest BCUT2D eigenvalue weighted by atomic mass is 10.1. The van der Waals surface area contributed by atoms with Crippen molar-refractivity contribution >= 4 is 0 Å². The molecule has 0 saturated carbocycles. The predicted molar refractivity (Wildman–Crippen MR) is 101 cm³/mol. The fraction of sp³-hybridized carbons (Fsp3) is 0.182. The minimum atomic E-state index is 0.558. The molecule has 0 heterocycles. The summed E-state index contributed by atoms with van der Waals surface area (Å²) in [6.45, 7) is 1.96. The van der Waals surface area contributed by atoms with Crippen molar-refractivity contribution in [2.45, 2.75) is 19.8 Å². The van der Waals surface area contributed by atoms with Crippen LogP contribution in [0.5, 0.6) is 11.5 Å². The van der Waals surface area contributed by atoms with Gasteiger partial charge in [-0.25, -0.2) is 0 Å². The number of nitrogens with one attached hydrogen (secondary N) is 1. The second kappa shape index (κ2) is 8.90. The van der Waals surface area contributed by atoms with Crippen molar-refractivity contribution in [3.8, 4) is 11.5 Å². The van der Waals surface area contributed by atoms with Gasteiger partial charge in [0.2, 0.25) is 0 Å². The van der Waals surface area contributed by atoms with Crippen LogP contribution < -0.4 is 14.8 Å². The fourth-order valence-electron chi connectivity index (χ4n) is 2.60. The van der Waals surface area contributed by atoms with Crippen LogP contribution in [0.15, 0.2) is 78.9 Å². The van der Waals surface area contributed by atoms with E-state index in [9.17, 15) is 0 Å². The quantitative estimate of drug-likeness (QED) is 0.655. The minimum absolute atomic E-state index is 0.558. The van der Waals surface area contributed by atoms with Gasteiger partial charge in [-0.15, -0.1) is 0 Å². The van der Waals surface area contributed by atoms with E-state index in [1.807, 2.05) is 55.6 Å². The van der Waals surface area contributed by atoms with E-state index >= 15 is 0 Å². The maximum Gasteiger partial charge on any atom is 0.120 e. The number of hydrogen-bond donors (Lipinski definition) is 1. The summed E-state index contributed by atoms with van der Waals surface area (Å²) < 4.78 is 11.7. The zero-order chi connectivity index (χ0) is 17.3. The minimum Gasteiger partial charge on any atom is -0.489 e. The molecule has 0 unspecified atom stereocenters. The molecule has 3 nitrogen and oxygen atoms in total. The standard InChI is InChI=1S/C22H23NO2/c1-23-15-19-9-5-6-10-20(19)17-25-22-13-11-21(12-14-22)24-16-18-7-3-2-4-8-18/h2-14,23H,15-17H2,1H3. The van der Waals surface area contributed by atoms with Crippen LogP contribution in [0.4, 0.5) is 0 Å². The van der Waals surface area contributed by atoms with Crippen LogP contribution in [0.3, 0.4) is 0 Å². The van der Waals surface area contributed by atoms with E-state index in [4.69, 9.17) is 9.47 Å². The molecule has 0 aliphatic heterocycles. The lowest BCUT2D eigenvalue weighted by Crippen LogP contribution is -2.09. The Morgan fingerprint density at radius 3 is 1.84 bits per heavy atom. The van der Waals surface area contributed by atoms with Crippen LogP contribution in [0.2, 0.25) is 0 Å². The molecular formula is C22H23NO2. The van der Waals surface area contributed by atoms with Gasteiger partial charge in [0.05, 0.1) is 0 Å². The van der Waals surface area contributed by atoms with Crippen molar-refractivity contribution in [1.82, 2.24) is 5.32 Å². The zero-order valence-corrected chi connectivity index (χ0v) is 14.4. The molecule has 0 radical (unpaired) electrons. The van der Waals surface area contributed by atoms with Gasteiger partial charge in [0.1, 0.15) is 24.7 Å². The van der Waals surface area contributed by atoms with Crippen molar-refractivity contribution in [3.63, 3.8) is 0 Å². The third kappa shape index (κ3) is 5.10. The molecule has 0 spiro atoms. The van der Waals surface area contributed by atoms with Crippen molar-refractivity contribution in [2.24, 2.45) is 0 Å². The third-order valence-electron chi connectivity index (χ3n) is 3.95. The van der Waals surface area contributed by atoms with Gasteiger partial charge in [0.15, 0.2) is 0 Å². The average molecular weight is 333 g/mol. The van der Waals surface area contributed by atoms with Crippen LogP contribution in [-0.4, -0.2) is 7.05 Å². The molecule has 3 heteroatoms. The second-order valence-corrected chi connectivity index (χ2v) is 5.83. The smallest absolute Gasteiger partial charge is 0.120 e. The van der Waals surface area contributed by atoms with Gasteiger partial charge in [-0.1, -0.05) is 54.6 Å². The fourth-order valence-corrected chi connectivity index (χ4v) is 2.60. The molecule has 0 saturated heterocycles. The summed E-state index contributed by atoms with van der Waals surface area (Å²) in [5, 5.41) is 3.19. The van der Waals surface area contributed by atoms with Gasteiger partial charge in [0, 0.05) is 6.54 Å². The molecule has 0 amide bonds. The summed E-state index contributed by atoms with van der Waals surface area (Å²) in [5.74, 6) is 1.68. The maximum absolute atomic E-state index is 5.91. The van der Waals surface area contributed by atoms with Crippen LogP contribution >= 0.6 is 0 Å². The first-order chi connectivity index (χ1) is 12.3. The van der Waals surface area contributed by atoms with Crippen molar-refractivity contribution in [3.05, 3.63) is 95.6 Å². The largest absolute Gasteiger partial charge is 0.489 e. The Kier molecular flexibility index (Phi) is 6.07. The van der Waals surface area contributed by atoms with Crippen molar-refractivity contribution in [1.29, 1.82) is 0 Å². The van der Waals surface area contributed by atoms with Gasteiger partial charge in [-0.3, -0.25) is 0 Å². The number of ether oxygens (including phenoxy) is 2. The molecule has 0 bridgehead atoms. The molecule has 1 N–H and O–H groups in total. The molecular weight excluding hydrogens is 310 g/mol. The van der Waals surface area contributed by atoms with E-state index in [1.165, 1.54) is 11.1 Å². The summed E-state index contributed by atoms with van der Waals surface area (Å²) in [6, 6.07) is 26.2. The molecule has 0 aliphatic rings. The van der Waals surface area contributed by atoms with E-state index in [1.54, 1.807) is 0 Å². The molecule has 128 valence electrons. The lowest BCUT2D eigenvalue weighted by molar-refractivity contribution is 0.296. The molecule has 0 atom stereocenters. The monoisotopic (exact) mass is 333 g/mol. The Morgan fingerprint density at radius 1 is 0.640 bits per heavy atom. The van der Waals surface area contributed by atoms with E-state index < -0.39 is 0 Å². The number of benzene rings is 3. The summed E-state index contributed by atoms with van der Waals surface area (Å²) in [4.78, 5) is 0. The molecule has 0 aliphatic carbocycles. The highest BCUT2D eigenvalue weighted by Crippen LogP contribution is 2.20. The van der Waals surface area contributed by atoms with Gasteiger partial charge in [-0.05, 0) is 48.0 Å². The first-order valence-electron chi connectivity index (χ1n) is 8.46. The summed E-state index contributed by atoms with van der Waals surface area (Å²) in [7, 11) is 1.95. The number of rotatable bonds is 8. The van der Waals surface area contributed by atoms with Gasteiger partial charge >= 0.3 is 0 Å². The van der Waals surface area contributed by atoms with Gasteiger partial charge in [-0.2, -0.15) is 0 Å². The van der Waals surface area contributed by atoms with Crippen LogP contribution in [0.1, 0.15) is 16.7 Å². The van der Waals surface area contributed by atoms with Crippen molar-refractivity contribution < 1.29 is 9.47 Å². The van der Waals surface area contributed by atoms with E-state index in [-0.39, 0.29) is 0 Å². The first kappa shape index (κ1) is 17.1. The van der Waals surface area contributed by atoms with Crippen molar-refractivity contribution in [2.75, 3.05) is 7.05 Å². The average Bonchev–Trinajstić information content (AvgIpc) is 2.68. The van der Waals surface area contributed by atoms with Crippen LogP contribution in [-0.2, 0) is 19.8 Å². The first-order valence-corrected chi connectivity index (χ1v) is 8.46. The normalized spacial score (nSPS) is 10.4. The third-order valence-corrected chi connectivity index (χ3v) is 3.95. The van der Waals surface area contributed by atoms with E-state index in [0.717, 1.165) is 23.6 Å². The Balaban J connectivity index is 1.54. The molecule has 3 aromatic rings. The number of hydrogen-bond acceptors (Lipinski definition) is 3. The van der Waals surface area contributed by atoms with Crippen LogP contribution in [0.25, 0.3) is 0 Å². The summed E-state index contributed by atoms with van der Waals surface area (Å²) >= 11 is 0. The topological polar surface area (TPSA) is 30.5 Å². The highest BCUT2D eigenvalue weighted by atomic mass is 16.5. The second-order valence-electron chi connectivity index (χ2n) is 5.83. The van der Waals surface area contributed by atoms with E-state index in [0.29, 0.717) is 13.2 Å². The van der Waals surface area contributed by atoms with E-state index in [2.05, 4.69) is 35.6 Å². The van der Waals surface area contributed by atoms with Gasteiger partial charge in [0.25, 0.3) is 0 Å². The Morgan fingerprint density at radius 2 is 1.20 bits per heavy atom. The SMILES string of the molecule is CNCc1ccccc1COc1ccc(OCc2ccccc2)cc1. The Hall–Kier alpha value is -2.78. The molecule has 25 heavy (non-hydrogen) atoms. The Bertz CT molecular complexity index is 770.